The van der Waals surface area contributed by atoms with Gasteiger partial charge in [0.05, 0.1) is 12.0 Å². The minimum absolute atomic E-state index is 0.175. The largest absolute Gasteiger partial charge is 0.391 e. The van der Waals surface area contributed by atoms with Crippen LogP contribution in [0.25, 0.3) is 0 Å². The molecule has 2 bridgehead atoms. The monoisotopic (exact) mass is 238 g/mol. The van der Waals surface area contributed by atoms with Crippen molar-refractivity contribution >= 4 is 5.91 Å². The van der Waals surface area contributed by atoms with Crippen LogP contribution in [0.4, 0.5) is 0 Å². The Labute approximate surface area is 102 Å². The molecular formula is C13H22N2O2. The molecule has 0 radical (unpaired) electrons. The summed E-state index contributed by atoms with van der Waals surface area (Å²) in [5.74, 6) is 0.780. The van der Waals surface area contributed by atoms with E-state index in [1.165, 1.54) is 6.42 Å². The van der Waals surface area contributed by atoms with Gasteiger partial charge in [-0.25, -0.2) is 0 Å². The highest BCUT2D eigenvalue weighted by Gasteiger charge is 2.44. The average molecular weight is 238 g/mol. The van der Waals surface area contributed by atoms with Crippen LogP contribution in [0.15, 0.2) is 0 Å². The Morgan fingerprint density at radius 1 is 1.35 bits per heavy atom. The summed E-state index contributed by atoms with van der Waals surface area (Å²) in [6.07, 6.45) is 3.98. The molecule has 4 heteroatoms. The van der Waals surface area contributed by atoms with Crippen molar-refractivity contribution in [2.24, 2.45) is 11.8 Å². The Morgan fingerprint density at radius 3 is 2.76 bits per heavy atom. The van der Waals surface area contributed by atoms with Crippen LogP contribution < -0.4 is 5.32 Å². The first-order valence-electron chi connectivity index (χ1n) is 6.88. The van der Waals surface area contributed by atoms with Crippen molar-refractivity contribution in [2.75, 3.05) is 13.1 Å². The molecule has 3 fully saturated rings. The number of amides is 1. The van der Waals surface area contributed by atoms with Gasteiger partial charge in [0, 0.05) is 25.2 Å². The molecule has 96 valence electrons. The van der Waals surface area contributed by atoms with E-state index in [0.717, 1.165) is 25.8 Å². The summed E-state index contributed by atoms with van der Waals surface area (Å²) in [6.45, 7) is 3.42. The second-order valence-electron chi connectivity index (χ2n) is 6.01. The van der Waals surface area contributed by atoms with E-state index >= 15 is 0 Å². The second-order valence-corrected chi connectivity index (χ2v) is 6.01. The van der Waals surface area contributed by atoms with Crippen LogP contribution in [0.2, 0.25) is 0 Å². The summed E-state index contributed by atoms with van der Waals surface area (Å²) >= 11 is 0. The molecule has 3 aliphatic rings. The molecule has 4 nitrogen and oxygen atoms in total. The lowest BCUT2D eigenvalue weighted by Gasteiger charge is -2.36. The lowest BCUT2D eigenvalue weighted by atomic mass is 9.87. The number of aliphatic hydroxyl groups excluding tert-OH is 1. The molecule has 5 atom stereocenters. The molecule has 0 aromatic rings. The summed E-state index contributed by atoms with van der Waals surface area (Å²) in [4.78, 5) is 14.3. The lowest BCUT2D eigenvalue weighted by Crippen LogP contribution is -2.49. The number of carbonyl (C=O) groups excluding carboxylic acids is 1. The fourth-order valence-electron chi connectivity index (χ4n) is 3.58. The number of fused-ring (bicyclic) bond motifs is 2. The number of piperidine rings is 1. The third-order valence-electron chi connectivity index (χ3n) is 4.85. The highest BCUT2D eigenvalue weighted by molar-refractivity contribution is 5.80. The molecule has 0 spiro atoms. The van der Waals surface area contributed by atoms with Crippen molar-refractivity contribution in [3.63, 3.8) is 0 Å². The summed E-state index contributed by atoms with van der Waals surface area (Å²) in [5, 5.41) is 13.4. The summed E-state index contributed by atoms with van der Waals surface area (Å²) in [7, 11) is 0. The van der Waals surface area contributed by atoms with Crippen molar-refractivity contribution in [3.05, 3.63) is 0 Å². The molecule has 0 aliphatic carbocycles. The fourth-order valence-corrected chi connectivity index (χ4v) is 3.58. The van der Waals surface area contributed by atoms with Crippen molar-refractivity contribution in [1.29, 1.82) is 0 Å². The van der Waals surface area contributed by atoms with Gasteiger partial charge in [0.15, 0.2) is 0 Å². The third-order valence-corrected chi connectivity index (χ3v) is 4.85. The molecule has 17 heavy (non-hydrogen) atoms. The van der Waals surface area contributed by atoms with Crippen LogP contribution in [-0.4, -0.2) is 47.2 Å². The first-order chi connectivity index (χ1) is 8.15. The molecule has 5 unspecified atom stereocenters. The summed E-state index contributed by atoms with van der Waals surface area (Å²) in [5.41, 5.74) is 0. The van der Waals surface area contributed by atoms with Gasteiger partial charge in [-0.1, -0.05) is 6.92 Å². The normalized spacial score (nSPS) is 45.3. The number of hydrogen-bond donors (Lipinski definition) is 2. The van der Waals surface area contributed by atoms with Crippen LogP contribution >= 0.6 is 0 Å². The van der Waals surface area contributed by atoms with Gasteiger partial charge in [0.2, 0.25) is 5.91 Å². The number of aliphatic hydroxyl groups is 1. The minimum Gasteiger partial charge on any atom is -0.391 e. The number of β-amino-alcohol motifs (C(OH)–C–C–N with tert-alkyl or cyclic N) is 1. The van der Waals surface area contributed by atoms with Crippen molar-refractivity contribution in [2.45, 2.75) is 50.8 Å². The van der Waals surface area contributed by atoms with E-state index in [9.17, 15) is 9.90 Å². The van der Waals surface area contributed by atoms with E-state index in [1.807, 2.05) is 4.90 Å². The molecule has 3 saturated heterocycles. The van der Waals surface area contributed by atoms with Crippen LogP contribution in [0.5, 0.6) is 0 Å². The zero-order valence-corrected chi connectivity index (χ0v) is 10.4. The highest BCUT2D eigenvalue weighted by Crippen LogP contribution is 2.35. The molecule has 2 N–H and O–H groups in total. The Balaban J connectivity index is 1.63. The smallest absolute Gasteiger partial charge is 0.227 e. The SMILES string of the molecule is CC1CCN(C(=O)C2CC3CCC2N3)CC1O. The van der Waals surface area contributed by atoms with Gasteiger partial charge in [-0.2, -0.15) is 0 Å². The molecule has 3 aliphatic heterocycles. The molecule has 3 rings (SSSR count). The number of hydrogen-bond acceptors (Lipinski definition) is 3. The standard InChI is InChI=1S/C13H22N2O2/c1-8-4-5-15(7-12(8)16)13(17)10-6-9-2-3-11(10)14-9/h8-12,14,16H,2-7H2,1H3. The van der Waals surface area contributed by atoms with Crippen LogP contribution in [0, 0.1) is 11.8 Å². The average Bonchev–Trinajstić information content (AvgIpc) is 2.93. The fraction of sp³-hybridized carbons (Fsp3) is 0.923. The zero-order chi connectivity index (χ0) is 12.0. The summed E-state index contributed by atoms with van der Waals surface area (Å²) in [6, 6.07) is 0.978. The van der Waals surface area contributed by atoms with E-state index in [2.05, 4.69) is 12.2 Å². The van der Waals surface area contributed by atoms with Crippen molar-refractivity contribution in [1.82, 2.24) is 10.2 Å². The van der Waals surface area contributed by atoms with Gasteiger partial charge in [0.25, 0.3) is 0 Å². The number of carbonyl (C=O) groups is 1. The highest BCUT2D eigenvalue weighted by atomic mass is 16.3. The van der Waals surface area contributed by atoms with E-state index in [1.54, 1.807) is 0 Å². The predicted octanol–water partition coefficient (Wildman–Crippen LogP) is 0.356. The molecule has 0 aromatic heterocycles. The Hall–Kier alpha value is -0.610. The number of nitrogens with one attached hydrogen (secondary N) is 1. The first-order valence-corrected chi connectivity index (χ1v) is 6.88. The Kier molecular flexibility index (Phi) is 2.87. The maximum atomic E-state index is 12.4. The van der Waals surface area contributed by atoms with Crippen LogP contribution in [0.3, 0.4) is 0 Å². The van der Waals surface area contributed by atoms with Crippen LogP contribution in [0.1, 0.15) is 32.6 Å². The molecule has 1 amide bonds. The molecule has 0 saturated carbocycles. The van der Waals surface area contributed by atoms with Gasteiger partial charge in [-0.3, -0.25) is 4.79 Å². The topological polar surface area (TPSA) is 52.6 Å². The zero-order valence-electron chi connectivity index (χ0n) is 10.4. The maximum absolute atomic E-state index is 12.4. The number of likely N-dealkylation sites (tertiary alicyclic amines) is 1. The van der Waals surface area contributed by atoms with E-state index in [0.29, 0.717) is 24.5 Å². The Morgan fingerprint density at radius 2 is 2.18 bits per heavy atom. The van der Waals surface area contributed by atoms with Crippen molar-refractivity contribution in [3.8, 4) is 0 Å². The predicted molar refractivity (Wildman–Crippen MR) is 64.4 cm³/mol. The van der Waals surface area contributed by atoms with Crippen LogP contribution in [-0.2, 0) is 4.79 Å². The Bertz CT molecular complexity index is 321. The quantitative estimate of drug-likeness (QED) is 0.693. The molecule has 3 heterocycles. The van der Waals surface area contributed by atoms with Gasteiger partial charge in [-0.15, -0.1) is 0 Å². The molecule has 0 aromatic carbocycles. The molecular weight excluding hydrogens is 216 g/mol. The van der Waals surface area contributed by atoms with Crippen molar-refractivity contribution < 1.29 is 9.90 Å². The van der Waals surface area contributed by atoms with E-state index in [-0.39, 0.29) is 17.9 Å². The summed E-state index contributed by atoms with van der Waals surface area (Å²) < 4.78 is 0. The van der Waals surface area contributed by atoms with E-state index < -0.39 is 0 Å². The third kappa shape index (κ3) is 1.97. The number of rotatable bonds is 1. The maximum Gasteiger partial charge on any atom is 0.227 e. The minimum atomic E-state index is -0.334. The lowest BCUT2D eigenvalue weighted by molar-refractivity contribution is -0.140. The first kappa shape index (κ1) is 11.5. The second kappa shape index (κ2) is 4.25. The van der Waals surface area contributed by atoms with Gasteiger partial charge in [0.1, 0.15) is 0 Å². The van der Waals surface area contributed by atoms with Gasteiger partial charge < -0.3 is 15.3 Å². The number of nitrogens with zero attached hydrogens (tertiary/aromatic N) is 1. The van der Waals surface area contributed by atoms with Gasteiger partial charge >= 0.3 is 0 Å². The van der Waals surface area contributed by atoms with E-state index in [4.69, 9.17) is 0 Å². The van der Waals surface area contributed by atoms with Gasteiger partial charge in [-0.05, 0) is 31.6 Å².